The van der Waals surface area contributed by atoms with Crippen molar-refractivity contribution in [2.45, 2.75) is 83.7 Å². The van der Waals surface area contributed by atoms with Crippen molar-refractivity contribution in [1.29, 1.82) is 0 Å². The van der Waals surface area contributed by atoms with E-state index in [9.17, 15) is 18.0 Å². The molecule has 3 aromatic rings. The molecular weight excluding hydrogens is 565 g/mol. The Balaban J connectivity index is 0.000000429. The molecule has 2 unspecified atom stereocenters. The molecule has 9 heteroatoms. The third-order valence-corrected chi connectivity index (χ3v) is 9.21. The van der Waals surface area contributed by atoms with E-state index in [1.165, 1.54) is 36.7 Å². The van der Waals surface area contributed by atoms with Gasteiger partial charge in [-0.15, -0.1) is 0 Å². The molecule has 1 aliphatic carbocycles. The van der Waals surface area contributed by atoms with Gasteiger partial charge in [0.25, 0.3) is 0 Å². The van der Waals surface area contributed by atoms with Crippen LogP contribution in [-0.4, -0.2) is 58.5 Å². The van der Waals surface area contributed by atoms with E-state index in [4.69, 9.17) is 10.2 Å². The van der Waals surface area contributed by atoms with Crippen LogP contribution in [-0.2, 0) is 17.8 Å². The molecule has 2 aliphatic rings. The average molecular weight is 613 g/mol. The first-order valence-electron chi connectivity index (χ1n) is 16.0. The molecule has 0 radical (unpaired) electrons. The van der Waals surface area contributed by atoms with Gasteiger partial charge in [0.15, 0.2) is 11.6 Å². The van der Waals surface area contributed by atoms with E-state index < -0.39 is 23.6 Å². The van der Waals surface area contributed by atoms with Gasteiger partial charge in [-0.25, -0.2) is 13.2 Å². The first-order valence-corrected chi connectivity index (χ1v) is 16.0. The van der Waals surface area contributed by atoms with Gasteiger partial charge < -0.3 is 15.3 Å². The number of aryl methyl sites for hydroxylation is 1. The number of nitrogens with one attached hydrogen (secondary N) is 1. The molecule has 0 amide bonds. The Morgan fingerprint density at radius 3 is 2.36 bits per heavy atom. The Hall–Kier alpha value is -3.17. The van der Waals surface area contributed by atoms with Gasteiger partial charge in [-0.3, -0.25) is 9.48 Å². The third-order valence-electron chi connectivity index (χ3n) is 9.21. The van der Waals surface area contributed by atoms with Crippen LogP contribution in [0, 0.1) is 29.3 Å². The lowest BCUT2D eigenvalue weighted by molar-refractivity contribution is -0.140. The van der Waals surface area contributed by atoms with E-state index in [1.54, 1.807) is 19.2 Å². The molecular formula is C35H47F3N4O2. The predicted molar refractivity (Wildman–Crippen MR) is 167 cm³/mol. The number of aliphatic carboxylic acids is 1. The summed E-state index contributed by atoms with van der Waals surface area (Å²) in [5, 5.41) is 15.9. The maximum absolute atomic E-state index is 13.8. The number of likely N-dealkylation sites (tertiary alicyclic amines) is 1. The molecule has 1 aromatic heterocycles. The fourth-order valence-corrected chi connectivity index (χ4v) is 6.93. The van der Waals surface area contributed by atoms with Crippen molar-refractivity contribution in [1.82, 2.24) is 20.0 Å². The van der Waals surface area contributed by atoms with Crippen molar-refractivity contribution < 1.29 is 23.1 Å². The summed E-state index contributed by atoms with van der Waals surface area (Å²) < 4.78 is 42.8. The number of nitrogens with zero attached hydrogens (tertiary/aromatic N) is 3. The lowest BCUT2D eigenvalue weighted by Crippen LogP contribution is -2.38. The second kappa shape index (κ2) is 15.7. The smallest absolute Gasteiger partial charge is 0.320 e. The van der Waals surface area contributed by atoms with Gasteiger partial charge >= 0.3 is 5.97 Å². The fraction of sp³-hybridized carbons (Fsp3) is 0.543. The Morgan fingerprint density at radius 1 is 1.02 bits per heavy atom. The van der Waals surface area contributed by atoms with Crippen molar-refractivity contribution in [2.75, 3.05) is 26.7 Å². The van der Waals surface area contributed by atoms with Crippen LogP contribution in [0.4, 0.5) is 13.2 Å². The second-order valence-corrected chi connectivity index (χ2v) is 12.6. The zero-order chi connectivity index (χ0) is 31.8. The highest BCUT2D eigenvalue weighted by molar-refractivity contribution is 5.73. The Morgan fingerprint density at radius 2 is 1.77 bits per heavy atom. The molecule has 1 saturated heterocycles. The van der Waals surface area contributed by atoms with Crippen molar-refractivity contribution in [3.8, 4) is 0 Å². The van der Waals surface area contributed by atoms with Crippen LogP contribution in [0.1, 0.15) is 87.2 Å². The monoisotopic (exact) mass is 612 g/mol. The maximum Gasteiger partial charge on any atom is 0.320 e. The van der Waals surface area contributed by atoms with Gasteiger partial charge in [-0.05, 0) is 112 Å². The highest BCUT2D eigenvalue weighted by atomic mass is 19.2. The van der Waals surface area contributed by atoms with Gasteiger partial charge in [0.05, 0.1) is 5.69 Å². The number of carboxylic acids is 1. The van der Waals surface area contributed by atoms with Crippen molar-refractivity contribution in [3.05, 3.63) is 88.5 Å². The number of carboxylic acid groups (broad SMARTS) is 1. The predicted octanol–water partition coefficient (Wildman–Crippen LogP) is 6.99. The van der Waals surface area contributed by atoms with Crippen LogP contribution in [0.15, 0.2) is 48.5 Å². The lowest BCUT2D eigenvalue weighted by atomic mass is 9.87. The summed E-state index contributed by atoms with van der Waals surface area (Å²) in [6.45, 7) is 9.84. The highest BCUT2D eigenvalue weighted by Gasteiger charge is 2.32. The van der Waals surface area contributed by atoms with Gasteiger partial charge in [0.2, 0.25) is 0 Å². The number of hydrogen-bond donors (Lipinski definition) is 2. The minimum atomic E-state index is -0.819. The topological polar surface area (TPSA) is 70.4 Å². The molecule has 0 spiro atoms. The maximum atomic E-state index is 13.8. The van der Waals surface area contributed by atoms with E-state index in [0.717, 1.165) is 62.3 Å². The molecule has 3 atom stereocenters. The number of likely N-dealkylation sites (N-methyl/N-ethyl adjacent to an activating group) is 1. The molecule has 5 rings (SSSR count). The van der Waals surface area contributed by atoms with E-state index >= 15 is 0 Å². The highest BCUT2D eigenvalue weighted by Crippen LogP contribution is 2.41. The molecule has 2 fully saturated rings. The number of aromatic nitrogens is 2. The van der Waals surface area contributed by atoms with Gasteiger partial charge in [0.1, 0.15) is 11.9 Å². The molecule has 1 aliphatic heterocycles. The summed E-state index contributed by atoms with van der Waals surface area (Å²) in [4.78, 5) is 12.9. The molecule has 2 heterocycles. The van der Waals surface area contributed by atoms with Gasteiger partial charge in [0, 0.05) is 31.1 Å². The largest absolute Gasteiger partial charge is 0.480 e. The minimum Gasteiger partial charge on any atom is -0.480 e. The number of piperidine rings is 1. The van der Waals surface area contributed by atoms with Crippen LogP contribution in [0.25, 0.3) is 0 Å². The quantitative estimate of drug-likeness (QED) is 0.258. The number of benzene rings is 2. The van der Waals surface area contributed by atoms with E-state index in [1.807, 2.05) is 19.9 Å². The van der Waals surface area contributed by atoms with Crippen molar-refractivity contribution in [2.24, 2.45) is 11.8 Å². The fourth-order valence-electron chi connectivity index (χ4n) is 6.93. The number of halogens is 3. The zero-order valence-corrected chi connectivity index (χ0v) is 26.4. The zero-order valence-electron chi connectivity index (χ0n) is 26.4. The van der Waals surface area contributed by atoms with Crippen molar-refractivity contribution >= 4 is 5.97 Å². The molecule has 0 bridgehead atoms. The standard InChI is InChI=1S/C29H34F3N3.C6H13NO2/c1-2-35-29(18-25(33-35)15-20-9-10-27(31)28(32)16-20)21-11-13-34(14-12-21)19-23-6-4-8-26(23)22-5-3-7-24(30)17-22;1-4(2)5(7-3)6(8)9/h3,5,7,9-10,16-18,21,23,26H,2,4,6,8,11-15,19H2,1H3;4-5,7H,1-3H3,(H,8,9)/t23?,26-;/m1./s1. The van der Waals surface area contributed by atoms with E-state index in [0.29, 0.717) is 24.2 Å². The summed E-state index contributed by atoms with van der Waals surface area (Å²) in [6, 6.07) is 13.0. The van der Waals surface area contributed by atoms with Gasteiger partial charge in [-0.1, -0.05) is 38.5 Å². The average Bonchev–Trinajstić information content (AvgIpc) is 3.62. The van der Waals surface area contributed by atoms with Crippen LogP contribution < -0.4 is 5.32 Å². The normalized spacial score (nSPS) is 20.0. The summed E-state index contributed by atoms with van der Waals surface area (Å²) in [5.74, 6) is -0.890. The summed E-state index contributed by atoms with van der Waals surface area (Å²) >= 11 is 0. The van der Waals surface area contributed by atoms with Crippen LogP contribution in [0.2, 0.25) is 0 Å². The summed E-state index contributed by atoms with van der Waals surface area (Å²) in [7, 11) is 1.65. The Kier molecular flexibility index (Phi) is 12.0. The Bertz CT molecular complexity index is 1370. The minimum absolute atomic E-state index is 0.134. The lowest BCUT2D eigenvalue weighted by Gasteiger charge is -2.35. The molecule has 44 heavy (non-hydrogen) atoms. The van der Waals surface area contributed by atoms with E-state index in [2.05, 4.69) is 34.0 Å². The van der Waals surface area contributed by atoms with Crippen LogP contribution in [0.3, 0.4) is 0 Å². The SMILES string of the molecule is CCn1nc(Cc2ccc(F)c(F)c2)cc1C1CCN(CC2CCC[C@@H]2c2cccc(F)c2)CC1.CNC(C(=O)O)C(C)C. The number of carbonyl (C=O) groups is 1. The third kappa shape index (κ3) is 8.72. The summed E-state index contributed by atoms with van der Waals surface area (Å²) in [5.41, 5.74) is 4.04. The van der Waals surface area contributed by atoms with Crippen LogP contribution >= 0.6 is 0 Å². The molecule has 2 N–H and O–H groups in total. The van der Waals surface area contributed by atoms with Gasteiger partial charge in [-0.2, -0.15) is 5.10 Å². The molecule has 6 nitrogen and oxygen atoms in total. The van der Waals surface area contributed by atoms with Crippen molar-refractivity contribution in [3.63, 3.8) is 0 Å². The number of rotatable bonds is 10. The first kappa shape index (κ1) is 33.7. The van der Waals surface area contributed by atoms with Crippen LogP contribution in [0.5, 0.6) is 0 Å². The molecule has 1 saturated carbocycles. The number of hydrogen-bond acceptors (Lipinski definition) is 4. The first-order chi connectivity index (χ1) is 21.1. The molecule has 2 aromatic carbocycles. The Labute approximate surface area is 259 Å². The molecule has 240 valence electrons. The van der Waals surface area contributed by atoms with E-state index in [-0.39, 0.29) is 11.7 Å². The second-order valence-electron chi connectivity index (χ2n) is 12.6. The summed E-state index contributed by atoms with van der Waals surface area (Å²) in [6.07, 6.45) is 6.28.